The fourth-order valence-electron chi connectivity index (χ4n) is 3.83. The lowest BCUT2D eigenvalue weighted by molar-refractivity contribution is 0.286. The Kier molecular flexibility index (Phi) is 6.06. The lowest BCUT2D eigenvalue weighted by Gasteiger charge is -2.16. The monoisotopic (exact) mass is 391 g/mol. The van der Waals surface area contributed by atoms with E-state index in [9.17, 15) is 4.39 Å². The van der Waals surface area contributed by atoms with Gasteiger partial charge in [-0.05, 0) is 43.7 Å². The molecule has 1 aliphatic rings. The van der Waals surface area contributed by atoms with E-state index in [4.69, 9.17) is 4.74 Å². The van der Waals surface area contributed by atoms with Gasteiger partial charge < -0.3 is 4.74 Å². The summed E-state index contributed by atoms with van der Waals surface area (Å²) in [5, 5.41) is 7.51. The first-order chi connectivity index (χ1) is 14.2. The standard InChI is InChI=1S/C24H26FN3O/c1-18(13-19-7-3-2-4-8-19)15-28-12-11-20(16-28)23-14-21(26-27-23)17-29-24-10-6-5-9-22(24)25/h2-10,13-14,20H,11-12,15-17H2,1H3,(H,26,27)/b18-13+/t20-/m0/s1. The zero-order valence-electron chi connectivity index (χ0n) is 16.6. The van der Waals surface area contributed by atoms with Crippen LogP contribution in [0.5, 0.6) is 5.75 Å². The van der Waals surface area contributed by atoms with E-state index in [1.165, 1.54) is 17.2 Å². The maximum absolute atomic E-state index is 13.7. The summed E-state index contributed by atoms with van der Waals surface area (Å²) >= 11 is 0. The van der Waals surface area contributed by atoms with Gasteiger partial charge in [-0.1, -0.05) is 54.1 Å². The Morgan fingerprint density at radius 3 is 2.83 bits per heavy atom. The molecule has 1 saturated heterocycles. The molecule has 5 heteroatoms. The molecule has 29 heavy (non-hydrogen) atoms. The van der Waals surface area contributed by atoms with Gasteiger partial charge >= 0.3 is 0 Å². The molecule has 3 aromatic rings. The van der Waals surface area contributed by atoms with Crippen LogP contribution in [-0.2, 0) is 6.61 Å². The van der Waals surface area contributed by atoms with Crippen molar-refractivity contribution in [2.75, 3.05) is 19.6 Å². The molecule has 0 unspecified atom stereocenters. The summed E-state index contributed by atoms with van der Waals surface area (Å²) in [6, 6.07) is 18.9. The van der Waals surface area contributed by atoms with Crippen LogP contribution in [0.25, 0.3) is 6.08 Å². The number of rotatable bonds is 7. The van der Waals surface area contributed by atoms with Gasteiger partial charge in [0, 0.05) is 19.0 Å². The Hall–Kier alpha value is -2.92. The molecular weight excluding hydrogens is 365 g/mol. The van der Waals surface area contributed by atoms with Crippen molar-refractivity contribution in [3.63, 3.8) is 0 Å². The van der Waals surface area contributed by atoms with Gasteiger partial charge in [0.25, 0.3) is 0 Å². The lowest BCUT2D eigenvalue weighted by atomic mass is 10.1. The highest BCUT2D eigenvalue weighted by Crippen LogP contribution is 2.27. The molecular formula is C24H26FN3O. The maximum atomic E-state index is 13.7. The van der Waals surface area contributed by atoms with E-state index in [2.05, 4.69) is 52.4 Å². The second-order valence-corrected chi connectivity index (χ2v) is 7.66. The first-order valence-corrected chi connectivity index (χ1v) is 10.0. The molecule has 1 N–H and O–H groups in total. The van der Waals surface area contributed by atoms with E-state index in [1.807, 2.05) is 12.1 Å². The molecule has 0 aliphatic carbocycles. The molecule has 0 saturated carbocycles. The van der Waals surface area contributed by atoms with Crippen molar-refractivity contribution in [2.45, 2.75) is 25.9 Å². The third kappa shape index (κ3) is 5.12. The molecule has 1 aliphatic heterocycles. The number of benzene rings is 2. The first kappa shape index (κ1) is 19.4. The van der Waals surface area contributed by atoms with Crippen molar-refractivity contribution in [2.24, 2.45) is 0 Å². The number of hydrogen-bond acceptors (Lipinski definition) is 3. The Morgan fingerprint density at radius 1 is 1.21 bits per heavy atom. The van der Waals surface area contributed by atoms with Gasteiger partial charge in [-0.3, -0.25) is 10.00 Å². The van der Waals surface area contributed by atoms with Crippen LogP contribution in [0.1, 0.15) is 36.2 Å². The summed E-state index contributed by atoms with van der Waals surface area (Å²) in [5.74, 6) is 0.326. The SMILES string of the molecule is C/C(=C\c1ccccc1)CN1CC[C@H](c2cc(COc3ccccc3F)[nH]n2)C1. The van der Waals surface area contributed by atoms with E-state index < -0.39 is 0 Å². The van der Waals surface area contributed by atoms with Crippen LogP contribution in [0.15, 0.2) is 66.2 Å². The Balaban J connectivity index is 1.30. The molecule has 0 spiro atoms. The van der Waals surface area contributed by atoms with Gasteiger partial charge in [0.2, 0.25) is 0 Å². The molecule has 0 bridgehead atoms. The largest absolute Gasteiger partial charge is 0.484 e. The summed E-state index contributed by atoms with van der Waals surface area (Å²) in [5.41, 5.74) is 4.52. The summed E-state index contributed by atoms with van der Waals surface area (Å²) in [4.78, 5) is 2.48. The maximum Gasteiger partial charge on any atom is 0.165 e. The van der Waals surface area contributed by atoms with Gasteiger partial charge in [-0.2, -0.15) is 5.10 Å². The van der Waals surface area contributed by atoms with Gasteiger partial charge in [-0.15, -0.1) is 0 Å². The number of para-hydroxylation sites is 1. The molecule has 4 nitrogen and oxygen atoms in total. The minimum Gasteiger partial charge on any atom is -0.484 e. The average Bonchev–Trinajstić information content (AvgIpc) is 3.37. The number of ether oxygens (including phenoxy) is 1. The van der Waals surface area contributed by atoms with E-state index >= 15 is 0 Å². The number of aromatic nitrogens is 2. The Morgan fingerprint density at radius 2 is 2.00 bits per heavy atom. The average molecular weight is 391 g/mol. The van der Waals surface area contributed by atoms with E-state index in [0.29, 0.717) is 5.92 Å². The highest BCUT2D eigenvalue weighted by atomic mass is 19.1. The lowest BCUT2D eigenvalue weighted by Crippen LogP contribution is -2.22. The number of nitrogens with one attached hydrogen (secondary N) is 1. The first-order valence-electron chi connectivity index (χ1n) is 10.0. The van der Waals surface area contributed by atoms with Gasteiger partial charge in [-0.25, -0.2) is 4.39 Å². The fraction of sp³-hybridized carbons (Fsp3) is 0.292. The van der Waals surface area contributed by atoms with Crippen LogP contribution in [0.2, 0.25) is 0 Å². The summed E-state index contributed by atoms with van der Waals surface area (Å²) in [6.07, 6.45) is 3.34. The van der Waals surface area contributed by atoms with E-state index in [1.54, 1.807) is 18.2 Å². The van der Waals surface area contributed by atoms with Crippen LogP contribution in [0.4, 0.5) is 4.39 Å². The normalized spacial score (nSPS) is 17.6. The predicted molar refractivity (Wildman–Crippen MR) is 113 cm³/mol. The van der Waals surface area contributed by atoms with Crippen LogP contribution in [0, 0.1) is 5.82 Å². The molecule has 2 aromatic carbocycles. The van der Waals surface area contributed by atoms with Gasteiger partial charge in [0.1, 0.15) is 6.61 Å². The number of likely N-dealkylation sites (tertiary alicyclic amines) is 1. The topological polar surface area (TPSA) is 41.1 Å². The Bertz CT molecular complexity index is 967. The van der Waals surface area contributed by atoms with Crippen molar-refractivity contribution in [3.8, 4) is 5.75 Å². The van der Waals surface area contributed by atoms with Crippen molar-refractivity contribution in [1.29, 1.82) is 0 Å². The number of nitrogens with zero attached hydrogens (tertiary/aromatic N) is 2. The number of hydrogen-bond donors (Lipinski definition) is 1. The highest BCUT2D eigenvalue weighted by molar-refractivity contribution is 5.52. The summed E-state index contributed by atoms with van der Waals surface area (Å²) < 4.78 is 19.2. The highest BCUT2D eigenvalue weighted by Gasteiger charge is 2.25. The van der Waals surface area contributed by atoms with Crippen molar-refractivity contribution < 1.29 is 9.13 Å². The minimum absolute atomic E-state index is 0.261. The van der Waals surface area contributed by atoms with Crippen molar-refractivity contribution in [1.82, 2.24) is 15.1 Å². The van der Waals surface area contributed by atoms with Crippen LogP contribution < -0.4 is 4.74 Å². The molecule has 0 amide bonds. The van der Waals surface area contributed by atoms with Crippen LogP contribution in [-0.4, -0.2) is 34.7 Å². The fourth-order valence-corrected chi connectivity index (χ4v) is 3.83. The number of H-pyrrole nitrogens is 1. The van der Waals surface area contributed by atoms with E-state index in [0.717, 1.165) is 37.4 Å². The third-order valence-corrected chi connectivity index (χ3v) is 5.25. The molecule has 2 heterocycles. The summed E-state index contributed by atoms with van der Waals surface area (Å²) in [7, 11) is 0. The zero-order chi connectivity index (χ0) is 20.1. The molecule has 1 fully saturated rings. The van der Waals surface area contributed by atoms with E-state index in [-0.39, 0.29) is 18.2 Å². The second kappa shape index (κ2) is 9.05. The molecule has 0 radical (unpaired) electrons. The van der Waals surface area contributed by atoms with Crippen LogP contribution in [0.3, 0.4) is 0 Å². The number of aromatic amines is 1. The quantitative estimate of drug-likeness (QED) is 0.615. The zero-order valence-corrected chi connectivity index (χ0v) is 16.6. The molecule has 4 rings (SSSR count). The molecule has 1 atom stereocenters. The van der Waals surface area contributed by atoms with Gasteiger partial charge in [0.05, 0.1) is 11.4 Å². The molecule has 150 valence electrons. The van der Waals surface area contributed by atoms with Gasteiger partial charge in [0.15, 0.2) is 11.6 Å². The minimum atomic E-state index is -0.349. The third-order valence-electron chi connectivity index (χ3n) is 5.25. The Labute approximate surface area is 171 Å². The predicted octanol–water partition coefficient (Wildman–Crippen LogP) is 5.02. The van der Waals surface area contributed by atoms with Crippen molar-refractivity contribution >= 4 is 6.08 Å². The van der Waals surface area contributed by atoms with Crippen molar-refractivity contribution in [3.05, 3.63) is 89.0 Å². The molecule has 1 aromatic heterocycles. The second-order valence-electron chi connectivity index (χ2n) is 7.66. The summed E-state index contributed by atoms with van der Waals surface area (Å²) in [6.45, 7) is 5.51. The number of halogens is 1. The van der Waals surface area contributed by atoms with Crippen LogP contribution >= 0.6 is 0 Å². The smallest absolute Gasteiger partial charge is 0.165 e.